The van der Waals surface area contributed by atoms with E-state index in [-0.39, 0.29) is 23.3 Å². The molecular weight excluding hydrogens is 502 g/mol. The van der Waals surface area contributed by atoms with Crippen LogP contribution in [0.2, 0.25) is 0 Å². The molecule has 0 N–H and O–H groups in total. The van der Waals surface area contributed by atoms with Gasteiger partial charge in [-0.2, -0.15) is 0 Å². The molecule has 4 rings (SSSR count). The quantitative estimate of drug-likeness (QED) is 0.380. The highest BCUT2D eigenvalue weighted by Crippen LogP contribution is 2.40. The van der Waals surface area contributed by atoms with Crippen molar-refractivity contribution < 1.29 is 19.1 Å². The molecule has 0 saturated carbocycles. The lowest BCUT2D eigenvalue weighted by Crippen LogP contribution is -2.57. The summed E-state index contributed by atoms with van der Waals surface area (Å²) in [6.07, 6.45) is 1.25. The summed E-state index contributed by atoms with van der Waals surface area (Å²) < 4.78 is 12.2. The molecule has 40 heavy (non-hydrogen) atoms. The molecule has 7 nitrogen and oxygen atoms in total. The van der Waals surface area contributed by atoms with E-state index >= 15 is 0 Å². The predicted molar refractivity (Wildman–Crippen MR) is 159 cm³/mol. The van der Waals surface area contributed by atoms with Gasteiger partial charge in [0.25, 0.3) is 0 Å². The normalized spacial score (nSPS) is 17.5. The second-order valence-electron chi connectivity index (χ2n) is 12.8. The number of piperidine rings is 1. The number of carbonyl (C=O) groups excluding carboxylic acids is 2. The van der Waals surface area contributed by atoms with E-state index in [0.29, 0.717) is 50.7 Å². The molecule has 2 saturated heterocycles. The number of para-hydroxylation sites is 1. The average molecular weight is 548 g/mol. The van der Waals surface area contributed by atoms with Crippen LogP contribution in [0.1, 0.15) is 66.9 Å². The topological polar surface area (TPSA) is 62.3 Å². The average Bonchev–Trinajstić information content (AvgIpc) is 3.15. The Morgan fingerprint density at radius 2 is 1.57 bits per heavy atom. The number of carbonyl (C=O) groups is 2. The Bertz CT molecular complexity index is 1210. The van der Waals surface area contributed by atoms with Crippen LogP contribution in [-0.2, 0) is 20.9 Å². The molecule has 2 aromatic carbocycles. The predicted octanol–water partition coefficient (Wildman–Crippen LogP) is 6.00. The van der Waals surface area contributed by atoms with Crippen molar-refractivity contribution in [3.8, 4) is 5.75 Å². The summed E-state index contributed by atoms with van der Waals surface area (Å²) in [5.41, 5.74) is 0.366. The van der Waals surface area contributed by atoms with Crippen LogP contribution in [0.15, 0.2) is 66.9 Å². The van der Waals surface area contributed by atoms with Crippen LogP contribution in [0.5, 0.6) is 5.75 Å². The molecule has 2 amide bonds. The monoisotopic (exact) mass is 547 g/mol. The number of nitrogens with zero attached hydrogens (tertiary/aromatic N) is 3. The van der Waals surface area contributed by atoms with E-state index in [0.717, 1.165) is 11.3 Å². The maximum Gasteiger partial charge on any atom is 0.250 e. The minimum atomic E-state index is -0.700. The lowest BCUT2D eigenvalue weighted by Gasteiger charge is -2.43. The van der Waals surface area contributed by atoms with E-state index in [1.165, 1.54) is 0 Å². The molecule has 2 aromatic rings. The smallest absolute Gasteiger partial charge is 0.250 e. The van der Waals surface area contributed by atoms with E-state index in [1.54, 1.807) is 0 Å². The van der Waals surface area contributed by atoms with Crippen molar-refractivity contribution in [1.82, 2.24) is 9.80 Å². The lowest BCUT2D eigenvalue weighted by molar-refractivity contribution is -0.140. The summed E-state index contributed by atoms with van der Waals surface area (Å²) in [5, 5.41) is 0. The summed E-state index contributed by atoms with van der Waals surface area (Å²) in [7, 11) is 0. The number of ether oxygens (including phenoxy) is 2. The fourth-order valence-corrected chi connectivity index (χ4v) is 5.51. The molecule has 7 heteroatoms. The van der Waals surface area contributed by atoms with Crippen LogP contribution >= 0.6 is 0 Å². The van der Waals surface area contributed by atoms with Gasteiger partial charge in [0.2, 0.25) is 11.8 Å². The number of hydrogen-bond donors (Lipinski definition) is 0. The third-order valence-electron chi connectivity index (χ3n) is 7.75. The molecule has 2 fully saturated rings. The molecule has 0 radical (unpaired) electrons. The van der Waals surface area contributed by atoms with Crippen LogP contribution in [0, 0.1) is 5.92 Å². The zero-order valence-electron chi connectivity index (χ0n) is 25.2. The first-order valence-corrected chi connectivity index (χ1v) is 14.3. The maximum absolute atomic E-state index is 14.1. The minimum absolute atomic E-state index is 0.0448. The van der Waals surface area contributed by atoms with Crippen LogP contribution in [0.4, 0.5) is 5.69 Å². The first-order chi connectivity index (χ1) is 18.7. The molecule has 216 valence electrons. The Balaban J connectivity index is 1.48. The number of rotatable bonds is 8. The molecule has 0 aromatic heterocycles. The fraction of sp³-hybridized carbons (Fsp3) is 0.515. The van der Waals surface area contributed by atoms with Gasteiger partial charge in [-0.3, -0.25) is 9.59 Å². The Hall–Kier alpha value is -3.48. The van der Waals surface area contributed by atoms with E-state index in [4.69, 9.17) is 9.47 Å². The fourth-order valence-electron chi connectivity index (χ4n) is 5.51. The Morgan fingerprint density at radius 1 is 0.975 bits per heavy atom. The van der Waals surface area contributed by atoms with Gasteiger partial charge in [-0.25, -0.2) is 0 Å². The van der Waals surface area contributed by atoms with Crippen molar-refractivity contribution in [3.05, 3.63) is 72.5 Å². The first-order valence-electron chi connectivity index (χ1n) is 14.3. The summed E-state index contributed by atoms with van der Waals surface area (Å²) in [4.78, 5) is 32.8. The minimum Gasteiger partial charge on any atom is -0.489 e. The maximum atomic E-state index is 14.1. The Kier molecular flexibility index (Phi) is 8.25. The zero-order valence-corrected chi connectivity index (χ0v) is 25.2. The summed E-state index contributed by atoms with van der Waals surface area (Å²) >= 11 is 0. The molecule has 0 unspecified atom stereocenters. The molecule has 2 aliphatic rings. The van der Waals surface area contributed by atoms with E-state index in [9.17, 15) is 9.59 Å². The van der Waals surface area contributed by atoms with Gasteiger partial charge in [-0.15, -0.1) is 0 Å². The highest BCUT2D eigenvalue weighted by molar-refractivity contribution is 5.94. The summed E-state index contributed by atoms with van der Waals surface area (Å²) in [6.45, 7) is 20.0. The number of anilines is 1. The molecule has 0 bridgehead atoms. The molecule has 0 atom stereocenters. The van der Waals surface area contributed by atoms with Crippen molar-refractivity contribution in [3.63, 3.8) is 0 Å². The van der Waals surface area contributed by atoms with Gasteiger partial charge in [-0.05, 0) is 77.3 Å². The molecule has 1 spiro atoms. The van der Waals surface area contributed by atoms with Crippen LogP contribution < -0.4 is 9.64 Å². The van der Waals surface area contributed by atoms with Gasteiger partial charge in [0.1, 0.15) is 22.6 Å². The largest absolute Gasteiger partial charge is 0.489 e. The highest BCUT2D eigenvalue weighted by Gasteiger charge is 2.54. The van der Waals surface area contributed by atoms with Gasteiger partial charge in [0.05, 0.1) is 6.67 Å². The third-order valence-corrected chi connectivity index (χ3v) is 7.75. The number of hydrogen-bond acceptors (Lipinski definition) is 5. The number of benzene rings is 2. The lowest BCUT2D eigenvalue weighted by atomic mass is 9.85. The standard InChI is InChI=1S/C33H45N3O4/c1-24(2)29(37)34-20-18-33(19-21-34)30(38)35(23-36(33)27-12-10-9-11-13-27)22-26-14-16-28(17-15-26)40-32(7,8)25(3)39-31(4,5)6/h9-17,24H,3,18-23H2,1-2,4-8H3. The van der Waals surface area contributed by atoms with Crippen molar-refractivity contribution in [1.29, 1.82) is 0 Å². The third kappa shape index (κ3) is 6.29. The SMILES string of the molecule is C=C(OC(C)(C)C)C(C)(C)Oc1ccc(CN2CN(c3ccccc3)C3(CCN(C(=O)C(C)C)CC3)C2=O)cc1. The van der Waals surface area contributed by atoms with Crippen molar-refractivity contribution in [2.45, 2.75) is 84.6 Å². The van der Waals surface area contributed by atoms with Gasteiger partial charge < -0.3 is 24.2 Å². The van der Waals surface area contributed by atoms with Gasteiger partial charge >= 0.3 is 0 Å². The Morgan fingerprint density at radius 3 is 2.12 bits per heavy atom. The van der Waals surface area contributed by atoms with E-state index in [1.807, 2.05) is 101 Å². The summed E-state index contributed by atoms with van der Waals surface area (Å²) in [6, 6.07) is 18.0. The van der Waals surface area contributed by atoms with Gasteiger partial charge in [0, 0.05) is 31.2 Å². The van der Waals surface area contributed by atoms with Gasteiger partial charge in [-0.1, -0.05) is 50.8 Å². The van der Waals surface area contributed by atoms with Crippen LogP contribution in [0.25, 0.3) is 0 Å². The van der Waals surface area contributed by atoms with E-state index < -0.39 is 11.1 Å². The zero-order chi connectivity index (χ0) is 29.3. The molecule has 2 aliphatic heterocycles. The molecule has 0 aliphatic carbocycles. The van der Waals surface area contributed by atoms with Crippen molar-refractivity contribution >= 4 is 17.5 Å². The number of amides is 2. The second kappa shape index (κ2) is 11.2. The first kappa shape index (κ1) is 29.5. The molecular formula is C33H45N3O4. The van der Waals surface area contributed by atoms with Crippen molar-refractivity contribution in [2.75, 3.05) is 24.7 Å². The van der Waals surface area contributed by atoms with Crippen LogP contribution in [0.3, 0.4) is 0 Å². The highest BCUT2D eigenvalue weighted by atomic mass is 16.6. The number of likely N-dealkylation sites (tertiary alicyclic amines) is 1. The molecule has 2 heterocycles. The second-order valence-corrected chi connectivity index (χ2v) is 12.8. The van der Waals surface area contributed by atoms with Crippen LogP contribution in [-0.4, -0.2) is 58.1 Å². The van der Waals surface area contributed by atoms with E-state index in [2.05, 4.69) is 23.6 Å². The van der Waals surface area contributed by atoms with Gasteiger partial charge in [0.15, 0.2) is 5.60 Å². The Labute approximate surface area is 239 Å². The van der Waals surface area contributed by atoms with Crippen molar-refractivity contribution in [2.24, 2.45) is 5.92 Å². The summed E-state index contributed by atoms with van der Waals surface area (Å²) in [5.74, 6) is 1.52.